The van der Waals surface area contributed by atoms with Crippen molar-refractivity contribution in [1.29, 1.82) is 0 Å². The highest BCUT2D eigenvalue weighted by Gasteiger charge is 2.20. The predicted molar refractivity (Wildman–Crippen MR) is 126 cm³/mol. The van der Waals surface area contributed by atoms with Gasteiger partial charge in [0.05, 0.1) is 11.7 Å². The quantitative estimate of drug-likeness (QED) is 0.505. The molecule has 4 rings (SSSR count). The Bertz CT molecular complexity index is 997. The molecule has 3 N–H and O–H groups in total. The van der Waals surface area contributed by atoms with Crippen molar-refractivity contribution in [2.45, 2.75) is 31.4 Å². The third-order valence-electron chi connectivity index (χ3n) is 5.57. The summed E-state index contributed by atoms with van der Waals surface area (Å²) in [5, 5.41) is 22.9. The fourth-order valence-corrected chi connectivity index (χ4v) is 3.89. The molecule has 0 bridgehead atoms. The average molecular weight is 461 g/mol. The molecular formula is C24H26Cl2N2O3. The fraction of sp³-hybridized carbons (Fsp3) is 0.250. The molecule has 0 amide bonds. The van der Waals surface area contributed by atoms with E-state index in [2.05, 4.69) is 28.5 Å². The number of nitrogens with one attached hydrogen (secondary N) is 1. The van der Waals surface area contributed by atoms with Crippen molar-refractivity contribution in [3.63, 3.8) is 0 Å². The number of rotatable bonds is 6. The minimum absolute atomic E-state index is 0. The molecule has 2 aromatic carbocycles. The Hall–Kier alpha value is -2.44. The summed E-state index contributed by atoms with van der Waals surface area (Å²) >= 11 is 0. The second kappa shape index (κ2) is 11.3. The van der Waals surface area contributed by atoms with E-state index in [1.807, 2.05) is 24.3 Å². The Balaban J connectivity index is 0.00000171. The first-order valence-electron chi connectivity index (χ1n) is 9.87. The Labute approximate surface area is 194 Å². The van der Waals surface area contributed by atoms with E-state index in [-0.39, 0.29) is 24.8 Å². The van der Waals surface area contributed by atoms with Gasteiger partial charge in [-0.05, 0) is 59.7 Å². The molecular weight excluding hydrogens is 435 g/mol. The summed E-state index contributed by atoms with van der Waals surface area (Å²) in [5.74, 6) is -0.913. The van der Waals surface area contributed by atoms with Crippen molar-refractivity contribution in [2.24, 2.45) is 0 Å². The average Bonchev–Trinajstić information content (AvgIpc) is 2.77. The monoisotopic (exact) mass is 460 g/mol. The van der Waals surface area contributed by atoms with Gasteiger partial charge in [0.2, 0.25) is 0 Å². The Kier molecular flexibility index (Phi) is 9.01. The number of aliphatic hydroxyl groups excluding tert-OH is 1. The number of aromatic nitrogens is 1. The molecule has 7 heteroatoms. The molecule has 3 aromatic rings. The highest BCUT2D eigenvalue weighted by molar-refractivity contribution is 5.88. The lowest BCUT2D eigenvalue weighted by Crippen LogP contribution is -2.37. The lowest BCUT2D eigenvalue weighted by Gasteiger charge is -2.27. The van der Waals surface area contributed by atoms with Crippen LogP contribution in [-0.4, -0.2) is 33.8 Å². The van der Waals surface area contributed by atoms with E-state index in [0.29, 0.717) is 18.2 Å². The Morgan fingerprint density at radius 3 is 2.48 bits per heavy atom. The second-order valence-corrected chi connectivity index (χ2v) is 7.52. The van der Waals surface area contributed by atoms with E-state index in [4.69, 9.17) is 5.11 Å². The number of hydrogen-bond acceptors (Lipinski definition) is 4. The van der Waals surface area contributed by atoms with Gasteiger partial charge in [-0.1, -0.05) is 36.4 Å². The van der Waals surface area contributed by atoms with Crippen LogP contribution < -0.4 is 5.32 Å². The molecule has 0 unspecified atom stereocenters. The third kappa shape index (κ3) is 6.05. The molecule has 31 heavy (non-hydrogen) atoms. The van der Waals surface area contributed by atoms with Crippen molar-refractivity contribution in [3.8, 4) is 11.1 Å². The molecule has 0 aliphatic heterocycles. The molecule has 0 saturated carbocycles. The number of aliphatic hydroxyl groups is 1. The summed E-state index contributed by atoms with van der Waals surface area (Å²) in [6.07, 6.45) is 5.80. The van der Waals surface area contributed by atoms with Crippen molar-refractivity contribution < 1.29 is 15.0 Å². The zero-order valence-corrected chi connectivity index (χ0v) is 18.5. The number of pyridine rings is 1. The summed E-state index contributed by atoms with van der Waals surface area (Å²) in [7, 11) is 0. The summed E-state index contributed by atoms with van der Waals surface area (Å²) in [4.78, 5) is 15.1. The number of benzene rings is 2. The maximum Gasteiger partial charge on any atom is 0.335 e. The SMILES string of the molecule is Cl.Cl.O=C(O)c1ccc(-c2ccc3c(c2)C[C@@H](NC[C@@H](O)c2cccnc2)CC3)cc1. The first-order valence-corrected chi connectivity index (χ1v) is 9.87. The third-order valence-corrected chi connectivity index (χ3v) is 5.57. The van der Waals surface area contributed by atoms with Crippen LogP contribution in [0.15, 0.2) is 67.0 Å². The van der Waals surface area contributed by atoms with Gasteiger partial charge in [-0.25, -0.2) is 4.79 Å². The molecule has 0 radical (unpaired) electrons. The smallest absolute Gasteiger partial charge is 0.335 e. The standard InChI is InChI=1S/C24H24N2O3.2ClH/c27-23(20-2-1-11-25-14-20)15-26-22-10-9-17-5-8-19(12-21(17)13-22)16-3-6-18(7-4-16)24(28)29;;/h1-8,11-12,14,22-23,26-27H,9-10,13,15H2,(H,28,29);2*1H/t22-,23+;;/m0../s1. The van der Waals surface area contributed by atoms with Crippen molar-refractivity contribution in [1.82, 2.24) is 10.3 Å². The van der Waals surface area contributed by atoms with E-state index in [1.54, 1.807) is 24.5 Å². The summed E-state index contributed by atoms with van der Waals surface area (Å²) in [5.41, 5.74) is 5.90. The van der Waals surface area contributed by atoms with Crippen LogP contribution in [0.5, 0.6) is 0 Å². The predicted octanol–water partition coefficient (Wildman–Crippen LogP) is 4.47. The maximum atomic E-state index is 11.0. The van der Waals surface area contributed by atoms with E-state index in [1.165, 1.54) is 11.1 Å². The molecule has 1 aromatic heterocycles. The molecule has 0 spiro atoms. The van der Waals surface area contributed by atoms with Crippen LogP contribution >= 0.6 is 24.8 Å². The van der Waals surface area contributed by atoms with Gasteiger partial charge in [-0.3, -0.25) is 4.98 Å². The molecule has 1 aliphatic carbocycles. The molecule has 164 valence electrons. The Morgan fingerprint density at radius 2 is 1.81 bits per heavy atom. The molecule has 0 saturated heterocycles. The molecule has 5 nitrogen and oxygen atoms in total. The lowest BCUT2D eigenvalue weighted by atomic mass is 9.86. The van der Waals surface area contributed by atoms with Crippen LogP contribution in [-0.2, 0) is 12.8 Å². The molecule has 1 heterocycles. The first-order chi connectivity index (χ1) is 14.1. The fourth-order valence-electron chi connectivity index (χ4n) is 3.89. The number of carbonyl (C=O) groups is 1. The first kappa shape index (κ1) is 24.8. The summed E-state index contributed by atoms with van der Waals surface area (Å²) < 4.78 is 0. The van der Waals surface area contributed by atoms with Crippen LogP contribution in [0, 0.1) is 0 Å². The van der Waals surface area contributed by atoms with Gasteiger partial charge in [-0.2, -0.15) is 0 Å². The normalized spacial score (nSPS) is 15.7. The van der Waals surface area contributed by atoms with Crippen molar-refractivity contribution in [2.75, 3.05) is 6.54 Å². The number of halogens is 2. The number of carboxylic acids is 1. The van der Waals surface area contributed by atoms with Gasteiger partial charge >= 0.3 is 5.97 Å². The number of fused-ring (bicyclic) bond motifs is 1. The van der Waals surface area contributed by atoms with Crippen LogP contribution in [0.1, 0.15) is 39.6 Å². The molecule has 0 fully saturated rings. The Morgan fingerprint density at radius 1 is 1.06 bits per heavy atom. The van der Waals surface area contributed by atoms with Crippen LogP contribution in [0.25, 0.3) is 11.1 Å². The maximum absolute atomic E-state index is 11.0. The number of carboxylic acid groups (broad SMARTS) is 1. The van der Waals surface area contributed by atoms with Crippen LogP contribution in [0.3, 0.4) is 0 Å². The van der Waals surface area contributed by atoms with E-state index in [9.17, 15) is 9.90 Å². The highest BCUT2D eigenvalue weighted by Crippen LogP contribution is 2.28. The molecule has 2 atom stereocenters. The minimum atomic E-state index is -0.913. The van der Waals surface area contributed by atoms with Crippen molar-refractivity contribution >= 4 is 30.8 Å². The number of aromatic carboxylic acids is 1. The zero-order chi connectivity index (χ0) is 20.2. The largest absolute Gasteiger partial charge is 0.478 e. The highest BCUT2D eigenvalue weighted by atomic mass is 35.5. The molecule has 1 aliphatic rings. The van der Waals surface area contributed by atoms with Gasteiger partial charge in [-0.15, -0.1) is 24.8 Å². The zero-order valence-electron chi connectivity index (χ0n) is 16.9. The number of nitrogens with zero attached hydrogens (tertiary/aromatic N) is 1. The van der Waals surface area contributed by atoms with E-state index in [0.717, 1.165) is 36.0 Å². The van der Waals surface area contributed by atoms with E-state index < -0.39 is 12.1 Å². The minimum Gasteiger partial charge on any atom is -0.478 e. The van der Waals surface area contributed by atoms with Gasteiger partial charge in [0.1, 0.15) is 0 Å². The van der Waals surface area contributed by atoms with Gasteiger partial charge in [0, 0.05) is 30.5 Å². The second-order valence-electron chi connectivity index (χ2n) is 7.52. The van der Waals surface area contributed by atoms with Gasteiger partial charge in [0.15, 0.2) is 0 Å². The summed E-state index contributed by atoms with van der Waals surface area (Å²) in [6.45, 7) is 0.502. The number of aryl methyl sites for hydroxylation is 1. The topological polar surface area (TPSA) is 82.5 Å². The lowest BCUT2D eigenvalue weighted by molar-refractivity contribution is 0.0697. The summed E-state index contributed by atoms with van der Waals surface area (Å²) in [6, 6.07) is 17.5. The van der Waals surface area contributed by atoms with Gasteiger partial charge < -0.3 is 15.5 Å². The van der Waals surface area contributed by atoms with Gasteiger partial charge in [0.25, 0.3) is 0 Å². The van der Waals surface area contributed by atoms with E-state index >= 15 is 0 Å². The number of hydrogen-bond donors (Lipinski definition) is 3. The van der Waals surface area contributed by atoms with Crippen LogP contribution in [0.4, 0.5) is 0 Å². The van der Waals surface area contributed by atoms with Crippen LogP contribution in [0.2, 0.25) is 0 Å². The van der Waals surface area contributed by atoms with Crippen molar-refractivity contribution in [3.05, 3.63) is 89.2 Å².